The molecule has 22 heavy (non-hydrogen) atoms. The first kappa shape index (κ1) is 18.3. The molecule has 1 saturated heterocycles. The summed E-state index contributed by atoms with van der Waals surface area (Å²) in [5.74, 6) is 4.39. The second kappa shape index (κ2) is 8.69. The van der Waals surface area contributed by atoms with Crippen LogP contribution in [0.3, 0.4) is 0 Å². The summed E-state index contributed by atoms with van der Waals surface area (Å²) in [6.45, 7) is 7.51. The Morgan fingerprint density at radius 2 is 2.05 bits per heavy atom. The van der Waals surface area contributed by atoms with Crippen LogP contribution in [-0.4, -0.2) is 53.3 Å². The number of rotatable bonds is 5. The molecule has 0 spiro atoms. The van der Waals surface area contributed by atoms with Gasteiger partial charge >= 0.3 is 6.09 Å². The molecule has 6 heteroatoms. The number of hydrogen-bond acceptors (Lipinski definition) is 5. The van der Waals surface area contributed by atoms with Crippen molar-refractivity contribution in [1.82, 2.24) is 10.6 Å². The largest absolute Gasteiger partial charge is 0.444 e. The van der Waals surface area contributed by atoms with Crippen molar-refractivity contribution in [3.63, 3.8) is 0 Å². The smallest absolute Gasteiger partial charge is 0.407 e. The lowest BCUT2D eigenvalue weighted by atomic mass is 10.0. The molecule has 0 aromatic heterocycles. The molecule has 2 fully saturated rings. The van der Waals surface area contributed by atoms with Gasteiger partial charge in [-0.05, 0) is 39.5 Å². The Kier molecular flexibility index (Phi) is 7.22. The molecule has 2 N–H and O–H groups in total. The topological polar surface area (TPSA) is 50.4 Å². The molecular weight excluding hydrogens is 316 g/mol. The monoisotopic (exact) mass is 346 g/mol. The highest BCUT2D eigenvalue weighted by atomic mass is 32.2. The summed E-state index contributed by atoms with van der Waals surface area (Å²) in [5.41, 5.74) is -0.423. The molecule has 1 amide bonds. The van der Waals surface area contributed by atoms with Crippen molar-refractivity contribution in [2.75, 3.05) is 30.3 Å². The number of thioether (sulfide) groups is 2. The van der Waals surface area contributed by atoms with Crippen LogP contribution in [-0.2, 0) is 4.74 Å². The summed E-state index contributed by atoms with van der Waals surface area (Å²) in [6, 6.07) is 0.544. The van der Waals surface area contributed by atoms with Crippen molar-refractivity contribution in [3.8, 4) is 0 Å². The molecule has 128 valence electrons. The van der Waals surface area contributed by atoms with Crippen molar-refractivity contribution in [2.45, 2.75) is 56.9 Å². The summed E-state index contributed by atoms with van der Waals surface area (Å²) in [6.07, 6.45) is 3.38. The third kappa shape index (κ3) is 6.59. The van der Waals surface area contributed by atoms with Crippen molar-refractivity contribution in [2.24, 2.45) is 5.92 Å². The van der Waals surface area contributed by atoms with Gasteiger partial charge in [0.2, 0.25) is 0 Å². The molecule has 3 unspecified atom stereocenters. The Morgan fingerprint density at radius 1 is 1.23 bits per heavy atom. The number of ether oxygens (including phenoxy) is 1. The minimum absolute atomic E-state index is 0.294. The zero-order valence-electron chi connectivity index (χ0n) is 14.0. The summed E-state index contributed by atoms with van der Waals surface area (Å²) < 4.78 is 5.31. The van der Waals surface area contributed by atoms with Gasteiger partial charge in [0.1, 0.15) is 5.60 Å². The molecule has 4 nitrogen and oxygen atoms in total. The highest BCUT2D eigenvalue weighted by Crippen LogP contribution is 2.27. The van der Waals surface area contributed by atoms with E-state index in [1.54, 1.807) is 0 Å². The van der Waals surface area contributed by atoms with E-state index in [9.17, 15) is 4.79 Å². The minimum Gasteiger partial charge on any atom is -0.444 e. The second-order valence-electron chi connectivity index (χ2n) is 7.16. The molecule has 2 aliphatic rings. The van der Waals surface area contributed by atoms with Crippen LogP contribution in [0, 0.1) is 5.92 Å². The van der Waals surface area contributed by atoms with Crippen molar-refractivity contribution < 1.29 is 9.53 Å². The molecule has 1 heterocycles. The van der Waals surface area contributed by atoms with Crippen molar-refractivity contribution in [1.29, 1.82) is 0 Å². The molecule has 1 aliphatic carbocycles. The molecule has 2 rings (SSSR count). The van der Waals surface area contributed by atoms with E-state index < -0.39 is 5.60 Å². The van der Waals surface area contributed by atoms with Gasteiger partial charge in [-0.25, -0.2) is 4.79 Å². The van der Waals surface area contributed by atoms with Gasteiger partial charge in [-0.15, -0.1) is 0 Å². The van der Waals surface area contributed by atoms with Crippen LogP contribution in [0.4, 0.5) is 4.79 Å². The fraction of sp³-hybridized carbons (Fsp3) is 0.938. The van der Waals surface area contributed by atoms with Gasteiger partial charge in [0.15, 0.2) is 0 Å². The van der Waals surface area contributed by atoms with Crippen LogP contribution in [0.15, 0.2) is 0 Å². The first-order chi connectivity index (χ1) is 10.4. The van der Waals surface area contributed by atoms with Crippen molar-refractivity contribution in [3.05, 3.63) is 0 Å². The first-order valence-corrected chi connectivity index (χ1v) is 10.5. The Labute approximate surface area is 143 Å². The van der Waals surface area contributed by atoms with Gasteiger partial charge in [-0.2, -0.15) is 23.5 Å². The molecule has 1 saturated carbocycles. The Hall–Kier alpha value is -0.0700. The number of carbonyl (C=O) groups is 1. The quantitative estimate of drug-likeness (QED) is 0.801. The van der Waals surface area contributed by atoms with Gasteiger partial charge in [0.25, 0.3) is 0 Å². The van der Waals surface area contributed by atoms with Crippen LogP contribution in [0.2, 0.25) is 0 Å². The Morgan fingerprint density at radius 3 is 2.73 bits per heavy atom. The predicted molar refractivity (Wildman–Crippen MR) is 96.9 cm³/mol. The standard InChI is InChI=1S/C16H30N2O2S2/c1-16(2,3)20-15(19)18-9-12-5-4-6-14(12)17-10-13-11-21-7-8-22-13/h12-14,17H,4-11H2,1-3H3,(H,18,19). The average Bonchev–Trinajstić information content (AvgIpc) is 2.90. The van der Waals surface area contributed by atoms with Crippen molar-refractivity contribution >= 4 is 29.6 Å². The molecule has 0 aromatic carbocycles. The molecular formula is C16H30N2O2S2. The van der Waals surface area contributed by atoms with E-state index in [4.69, 9.17) is 4.74 Å². The third-order valence-corrected chi connectivity index (χ3v) is 6.90. The lowest BCUT2D eigenvalue weighted by Gasteiger charge is -2.27. The first-order valence-electron chi connectivity index (χ1n) is 8.33. The van der Waals surface area contributed by atoms with E-state index in [0.717, 1.165) is 18.3 Å². The number of carbonyl (C=O) groups excluding carboxylic acids is 1. The van der Waals surface area contributed by atoms with E-state index in [1.807, 2.05) is 20.8 Å². The SMILES string of the molecule is CC(C)(C)OC(=O)NCC1CCCC1NCC1CSCCS1. The van der Waals surface area contributed by atoms with Crippen LogP contribution in [0.5, 0.6) is 0 Å². The summed E-state index contributed by atoms with van der Waals surface area (Å²) in [7, 11) is 0. The van der Waals surface area contributed by atoms with Gasteiger partial charge in [0.05, 0.1) is 0 Å². The highest BCUT2D eigenvalue weighted by Gasteiger charge is 2.28. The summed E-state index contributed by atoms with van der Waals surface area (Å²) in [5, 5.41) is 7.43. The predicted octanol–water partition coefficient (Wildman–Crippen LogP) is 3.12. The third-order valence-electron chi connectivity index (χ3n) is 4.06. The number of amides is 1. The molecule has 0 radical (unpaired) electrons. The molecule has 3 atom stereocenters. The maximum atomic E-state index is 11.8. The summed E-state index contributed by atoms with van der Waals surface area (Å²) >= 11 is 4.17. The second-order valence-corrected chi connectivity index (χ2v) is 9.71. The minimum atomic E-state index is -0.423. The van der Waals surface area contributed by atoms with Crippen LogP contribution in [0.25, 0.3) is 0 Å². The van der Waals surface area contributed by atoms with Gasteiger partial charge in [0, 0.05) is 41.6 Å². The Bertz CT molecular complexity index is 355. The highest BCUT2D eigenvalue weighted by molar-refractivity contribution is 8.06. The summed E-state index contributed by atoms with van der Waals surface area (Å²) in [4.78, 5) is 11.8. The fourth-order valence-corrected chi connectivity index (χ4v) is 5.64. The lowest BCUT2D eigenvalue weighted by molar-refractivity contribution is 0.0517. The maximum Gasteiger partial charge on any atom is 0.407 e. The zero-order chi connectivity index (χ0) is 16.0. The lowest BCUT2D eigenvalue weighted by Crippen LogP contribution is -2.43. The van der Waals surface area contributed by atoms with E-state index in [-0.39, 0.29) is 6.09 Å². The number of hydrogen-bond donors (Lipinski definition) is 2. The average molecular weight is 347 g/mol. The number of nitrogens with one attached hydrogen (secondary N) is 2. The van der Waals surface area contributed by atoms with Crippen LogP contribution in [0.1, 0.15) is 40.0 Å². The van der Waals surface area contributed by atoms with Gasteiger partial charge < -0.3 is 15.4 Å². The van der Waals surface area contributed by atoms with E-state index in [1.165, 1.54) is 36.5 Å². The molecule has 1 aliphatic heterocycles. The van der Waals surface area contributed by atoms with E-state index >= 15 is 0 Å². The van der Waals surface area contributed by atoms with Gasteiger partial charge in [-0.1, -0.05) is 6.42 Å². The maximum absolute atomic E-state index is 11.8. The zero-order valence-corrected chi connectivity index (χ0v) is 15.7. The van der Waals surface area contributed by atoms with E-state index in [2.05, 4.69) is 34.2 Å². The molecule has 0 aromatic rings. The Balaban J connectivity index is 1.67. The van der Waals surface area contributed by atoms with E-state index in [0.29, 0.717) is 12.0 Å². The number of alkyl carbamates (subject to hydrolysis) is 1. The fourth-order valence-electron chi connectivity index (χ4n) is 3.02. The normalized spacial score (nSPS) is 29.3. The van der Waals surface area contributed by atoms with Gasteiger partial charge in [-0.3, -0.25) is 0 Å². The van der Waals surface area contributed by atoms with Crippen LogP contribution >= 0.6 is 23.5 Å². The molecule has 0 bridgehead atoms. The van der Waals surface area contributed by atoms with Crippen LogP contribution < -0.4 is 10.6 Å².